The van der Waals surface area contributed by atoms with Crippen LogP contribution in [0.15, 0.2) is 24.3 Å². The fraction of sp³-hybridized carbons (Fsp3) is 0.533. The highest BCUT2D eigenvalue weighted by atomic mass is 16.5. The fourth-order valence-corrected chi connectivity index (χ4v) is 1.89. The third-order valence-electron chi connectivity index (χ3n) is 2.96. The number of nitriles is 1. The molecule has 0 aromatic heterocycles. The molecule has 3 nitrogen and oxygen atoms in total. The van der Waals surface area contributed by atoms with Gasteiger partial charge in [0.25, 0.3) is 0 Å². The lowest BCUT2D eigenvalue weighted by molar-refractivity contribution is 0.207. The maximum Gasteiger partial charge on any atom is 0.120 e. The Labute approximate surface area is 110 Å². The minimum absolute atomic E-state index is 0.580. The minimum Gasteiger partial charge on any atom is -0.494 e. The molecule has 98 valence electrons. The Bertz CT molecular complexity index is 396. The second-order valence-electron chi connectivity index (χ2n) is 4.56. The van der Waals surface area contributed by atoms with E-state index in [1.54, 1.807) is 12.1 Å². The summed E-state index contributed by atoms with van der Waals surface area (Å²) in [5.41, 5.74) is 0.643. The van der Waals surface area contributed by atoms with Gasteiger partial charge < -0.3 is 9.64 Å². The van der Waals surface area contributed by atoms with E-state index >= 15 is 0 Å². The monoisotopic (exact) mass is 246 g/mol. The van der Waals surface area contributed by atoms with Crippen molar-refractivity contribution < 1.29 is 4.74 Å². The van der Waals surface area contributed by atoms with Crippen LogP contribution >= 0.6 is 0 Å². The highest BCUT2D eigenvalue weighted by molar-refractivity contribution is 5.36. The SMILES string of the molecule is CCN(CCCOc1cccc(C#N)c1)C(C)C. The molecule has 0 saturated heterocycles. The Morgan fingerprint density at radius 3 is 2.78 bits per heavy atom. The molecular formula is C15H22N2O. The third-order valence-corrected chi connectivity index (χ3v) is 2.96. The zero-order valence-electron chi connectivity index (χ0n) is 11.5. The van der Waals surface area contributed by atoms with E-state index in [0.29, 0.717) is 18.2 Å². The van der Waals surface area contributed by atoms with E-state index in [1.165, 1.54) is 0 Å². The van der Waals surface area contributed by atoms with E-state index < -0.39 is 0 Å². The minimum atomic E-state index is 0.580. The molecule has 18 heavy (non-hydrogen) atoms. The lowest BCUT2D eigenvalue weighted by Crippen LogP contribution is -2.32. The summed E-state index contributed by atoms with van der Waals surface area (Å²) in [6.45, 7) is 9.41. The van der Waals surface area contributed by atoms with Gasteiger partial charge in [-0.1, -0.05) is 13.0 Å². The number of hydrogen-bond acceptors (Lipinski definition) is 3. The molecular weight excluding hydrogens is 224 g/mol. The molecule has 0 N–H and O–H groups in total. The lowest BCUT2D eigenvalue weighted by Gasteiger charge is -2.24. The van der Waals surface area contributed by atoms with Crippen molar-refractivity contribution in [2.24, 2.45) is 0 Å². The summed E-state index contributed by atoms with van der Waals surface area (Å²) in [6, 6.07) is 9.99. The molecule has 0 atom stereocenters. The van der Waals surface area contributed by atoms with E-state index in [2.05, 4.69) is 31.7 Å². The Morgan fingerprint density at radius 2 is 2.17 bits per heavy atom. The van der Waals surface area contributed by atoms with Crippen LogP contribution in [0.2, 0.25) is 0 Å². The van der Waals surface area contributed by atoms with Gasteiger partial charge in [-0.2, -0.15) is 5.26 Å². The van der Waals surface area contributed by atoms with Crippen LogP contribution in [0.25, 0.3) is 0 Å². The summed E-state index contributed by atoms with van der Waals surface area (Å²) < 4.78 is 5.65. The first kappa shape index (κ1) is 14.5. The number of hydrogen-bond donors (Lipinski definition) is 0. The van der Waals surface area contributed by atoms with Gasteiger partial charge in [-0.3, -0.25) is 0 Å². The molecule has 0 fully saturated rings. The van der Waals surface area contributed by atoms with Gasteiger partial charge in [0, 0.05) is 12.6 Å². The van der Waals surface area contributed by atoms with Crippen LogP contribution in [-0.4, -0.2) is 30.6 Å². The van der Waals surface area contributed by atoms with Crippen LogP contribution in [0.3, 0.4) is 0 Å². The molecule has 0 unspecified atom stereocenters. The van der Waals surface area contributed by atoms with Crippen LogP contribution < -0.4 is 4.74 Å². The number of benzene rings is 1. The Hall–Kier alpha value is -1.53. The van der Waals surface area contributed by atoms with Gasteiger partial charge in [0.2, 0.25) is 0 Å². The first-order valence-corrected chi connectivity index (χ1v) is 6.54. The predicted octanol–water partition coefficient (Wildman–Crippen LogP) is 3.06. The molecule has 0 saturated carbocycles. The van der Waals surface area contributed by atoms with Crippen LogP contribution in [0.1, 0.15) is 32.8 Å². The molecule has 1 aromatic carbocycles. The topological polar surface area (TPSA) is 36.3 Å². The van der Waals surface area contributed by atoms with Crippen molar-refractivity contribution in [2.45, 2.75) is 33.2 Å². The van der Waals surface area contributed by atoms with Crippen molar-refractivity contribution in [3.8, 4) is 11.8 Å². The van der Waals surface area contributed by atoms with Crippen LogP contribution in [0, 0.1) is 11.3 Å². The van der Waals surface area contributed by atoms with Crippen molar-refractivity contribution in [3.05, 3.63) is 29.8 Å². The van der Waals surface area contributed by atoms with E-state index in [0.717, 1.165) is 25.3 Å². The zero-order chi connectivity index (χ0) is 13.4. The summed E-state index contributed by atoms with van der Waals surface area (Å²) in [4.78, 5) is 2.41. The van der Waals surface area contributed by atoms with Crippen molar-refractivity contribution >= 4 is 0 Å². The van der Waals surface area contributed by atoms with Gasteiger partial charge in [-0.05, 0) is 45.0 Å². The molecule has 0 amide bonds. The molecule has 0 aliphatic carbocycles. The zero-order valence-corrected chi connectivity index (χ0v) is 11.5. The van der Waals surface area contributed by atoms with Crippen molar-refractivity contribution in [2.75, 3.05) is 19.7 Å². The van der Waals surface area contributed by atoms with Crippen molar-refractivity contribution in [1.82, 2.24) is 4.90 Å². The Balaban J connectivity index is 2.31. The average Bonchev–Trinajstić information content (AvgIpc) is 2.38. The second-order valence-corrected chi connectivity index (χ2v) is 4.56. The Morgan fingerprint density at radius 1 is 1.39 bits per heavy atom. The van der Waals surface area contributed by atoms with E-state index in [1.807, 2.05) is 12.1 Å². The second kappa shape index (κ2) is 7.73. The molecule has 0 aliphatic rings. The van der Waals surface area contributed by atoms with Crippen LogP contribution in [0.4, 0.5) is 0 Å². The lowest BCUT2D eigenvalue weighted by atomic mass is 10.2. The van der Waals surface area contributed by atoms with Crippen molar-refractivity contribution in [1.29, 1.82) is 5.26 Å². The first-order chi connectivity index (χ1) is 8.67. The number of ether oxygens (including phenoxy) is 1. The van der Waals surface area contributed by atoms with E-state index in [-0.39, 0.29) is 0 Å². The molecule has 3 heteroatoms. The Kier molecular flexibility index (Phi) is 6.24. The molecule has 0 radical (unpaired) electrons. The summed E-state index contributed by atoms with van der Waals surface area (Å²) in [6.07, 6.45) is 1.00. The number of rotatable bonds is 7. The van der Waals surface area contributed by atoms with Gasteiger partial charge in [0.1, 0.15) is 5.75 Å². The molecule has 1 rings (SSSR count). The molecule has 0 heterocycles. The van der Waals surface area contributed by atoms with Gasteiger partial charge in [0.15, 0.2) is 0 Å². The molecule has 1 aromatic rings. The largest absolute Gasteiger partial charge is 0.494 e. The van der Waals surface area contributed by atoms with E-state index in [9.17, 15) is 0 Å². The molecule has 0 spiro atoms. The summed E-state index contributed by atoms with van der Waals surface area (Å²) >= 11 is 0. The van der Waals surface area contributed by atoms with Gasteiger partial charge in [-0.15, -0.1) is 0 Å². The van der Waals surface area contributed by atoms with Crippen LogP contribution in [0.5, 0.6) is 5.75 Å². The maximum atomic E-state index is 8.79. The highest BCUT2D eigenvalue weighted by Crippen LogP contribution is 2.12. The molecule has 0 bridgehead atoms. The summed E-state index contributed by atoms with van der Waals surface area (Å²) in [7, 11) is 0. The number of nitrogens with zero attached hydrogens (tertiary/aromatic N) is 2. The third kappa shape index (κ3) is 4.77. The molecule has 0 aliphatic heterocycles. The average molecular weight is 246 g/mol. The smallest absolute Gasteiger partial charge is 0.120 e. The normalized spacial score (nSPS) is 10.7. The van der Waals surface area contributed by atoms with Gasteiger partial charge in [-0.25, -0.2) is 0 Å². The van der Waals surface area contributed by atoms with Gasteiger partial charge in [0.05, 0.1) is 18.2 Å². The predicted molar refractivity (Wildman–Crippen MR) is 73.7 cm³/mol. The van der Waals surface area contributed by atoms with Crippen molar-refractivity contribution in [3.63, 3.8) is 0 Å². The maximum absolute atomic E-state index is 8.79. The van der Waals surface area contributed by atoms with E-state index in [4.69, 9.17) is 10.00 Å². The first-order valence-electron chi connectivity index (χ1n) is 6.54. The van der Waals surface area contributed by atoms with Gasteiger partial charge >= 0.3 is 0 Å². The summed E-state index contributed by atoms with van der Waals surface area (Å²) in [5.74, 6) is 0.779. The summed E-state index contributed by atoms with van der Waals surface area (Å²) in [5, 5.41) is 8.79. The fourth-order valence-electron chi connectivity index (χ4n) is 1.89. The highest BCUT2D eigenvalue weighted by Gasteiger charge is 2.05. The van der Waals surface area contributed by atoms with Crippen LogP contribution in [-0.2, 0) is 0 Å². The standard InChI is InChI=1S/C15H22N2O/c1-4-17(13(2)3)9-6-10-18-15-8-5-7-14(11-15)12-16/h5,7-8,11,13H,4,6,9-10H2,1-3H3. The quantitative estimate of drug-likeness (QED) is 0.694.